The molecule has 1 fully saturated rings. The summed E-state index contributed by atoms with van der Waals surface area (Å²) < 4.78 is 31.6. The van der Waals surface area contributed by atoms with E-state index in [1.54, 1.807) is 0 Å². The van der Waals surface area contributed by atoms with Gasteiger partial charge in [0.25, 0.3) is 10.0 Å². The zero-order valence-corrected chi connectivity index (χ0v) is 12.4. The molecule has 20 heavy (non-hydrogen) atoms. The number of carbonyl (C=O) groups excluding carboxylic acids is 1. The molecule has 1 aliphatic heterocycles. The Morgan fingerprint density at radius 1 is 1.55 bits per heavy atom. The van der Waals surface area contributed by atoms with Gasteiger partial charge in [-0.05, 0) is 0 Å². The third-order valence-electron chi connectivity index (χ3n) is 2.42. The van der Waals surface area contributed by atoms with Gasteiger partial charge in [0.05, 0.1) is 12.7 Å². The first kappa shape index (κ1) is 15.3. The number of ether oxygens (including phenoxy) is 1. The van der Waals surface area contributed by atoms with Crippen molar-refractivity contribution < 1.29 is 17.9 Å². The zero-order valence-electron chi connectivity index (χ0n) is 10.7. The second kappa shape index (κ2) is 6.54. The van der Waals surface area contributed by atoms with Gasteiger partial charge in [-0.25, -0.2) is 13.1 Å². The summed E-state index contributed by atoms with van der Waals surface area (Å²) >= 11 is 0.794. The summed E-state index contributed by atoms with van der Waals surface area (Å²) in [4.78, 5) is 10.8. The number of anilines is 1. The Kier molecular flexibility index (Phi) is 4.99. The number of morpholine rings is 1. The van der Waals surface area contributed by atoms with Gasteiger partial charge in [0, 0.05) is 26.6 Å². The number of hydrogen-bond donors (Lipinski definition) is 3. The molecule has 1 atom stereocenters. The monoisotopic (exact) mass is 321 g/mol. The maximum atomic E-state index is 12.0. The van der Waals surface area contributed by atoms with Crippen LogP contribution in [-0.2, 0) is 19.6 Å². The van der Waals surface area contributed by atoms with Gasteiger partial charge in [-0.3, -0.25) is 4.79 Å². The minimum Gasteiger partial charge on any atom is -0.374 e. The lowest BCUT2D eigenvalue weighted by Crippen LogP contribution is -2.45. The fourth-order valence-electron chi connectivity index (χ4n) is 1.53. The molecule has 0 bridgehead atoms. The van der Waals surface area contributed by atoms with Crippen molar-refractivity contribution in [1.29, 1.82) is 0 Å². The van der Waals surface area contributed by atoms with Crippen LogP contribution in [0.3, 0.4) is 0 Å². The first-order chi connectivity index (χ1) is 9.47. The van der Waals surface area contributed by atoms with E-state index in [0.717, 1.165) is 17.9 Å². The van der Waals surface area contributed by atoms with Crippen molar-refractivity contribution in [2.45, 2.75) is 17.4 Å². The van der Waals surface area contributed by atoms with Crippen LogP contribution in [0.4, 0.5) is 5.13 Å². The van der Waals surface area contributed by atoms with Gasteiger partial charge in [-0.1, -0.05) is 11.3 Å². The van der Waals surface area contributed by atoms with Crippen molar-refractivity contribution in [1.82, 2.24) is 20.2 Å². The summed E-state index contributed by atoms with van der Waals surface area (Å²) in [5, 5.41) is 12.8. The molecule has 2 heterocycles. The Labute approximate surface area is 120 Å². The number of nitrogens with zero attached hydrogens (tertiary/aromatic N) is 2. The van der Waals surface area contributed by atoms with E-state index in [-0.39, 0.29) is 28.0 Å². The van der Waals surface area contributed by atoms with Crippen LogP contribution < -0.4 is 15.4 Å². The van der Waals surface area contributed by atoms with Crippen LogP contribution in [0.25, 0.3) is 0 Å². The maximum absolute atomic E-state index is 12.0. The molecule has 9 nitrogen and oxygen atoms in total. The lowest BCUT2D eigenvalue weighted by atomic mass is 10.3. The third-order valence-corrected chi connectivity index (χ3v) is 5.05. The molecule has 0 aliphatic carbocycles. The van der Waals surface area contributed by atoms with Crippen LogP contribution in [-0.4, -0.2) is 56.9 Å². The molecule has 1 aromatic rings. The van der Waals surface area contributed by atoms with Crippen molar-refractivity contribution in [3.8, 4) is 0 Å². The average Bonchev–Trinajstić information content (AvgIpc) is 2.86. The van der Waals surface area contributed by atoms with Gasteiger partial charge in [0.1, 0.15) is 0 Å². The molecule has 3 N–H and O–H groups in total. The van der Waals surface area contributed by atoms with Crippen molar-refractivity contribution in [3.63, 3.8) is 0 Å². The van der Waals surface area contributed by atoms with E-state index in [9.17, 15) is 13.2 Å². The molecule has 1 amide bonds. The average molecular weight is 321 g/mol. The predicted octanol–water partition coefficient (Wildman–Crippen LogP) is -1.24. The molecule has 1 aliphatic rings. The molecular weight excluding hydrogens is 306 g/mol. The Hall–Kier alpha value is -1.14. The molecule has 11 heteroatoms. The number of nitrogens with one attached hydrogen (secondary N) is 3. The van der Waals surface area contributed by atoms with Gasteiger partial charge in [0.2, 0.25) is 15.4 Å². The highest BCUT2D eigenvalue weighted by Crippen LogP contribution is 2.19. The van der Waals surface area contributed by atoms with Crippen LogP contribution in [0.5, 0.6) is 0 Å². The Morgan fingerprint density at radius 2 is 2.35 bits per heavy atom. The molecule has 2 rings (SSSR count). The van der Waals surface area contributed by atoms with Crippen LogP contribution in [0.1, 0.15) is 6.92 Å². The lowest BCUT2D eigenvalue weighted by molar-refractivity contribution is -0.114. The number of aromatic nitrogens is 2. The molecule has 0 aromatic carbocycles. The number of amides is 1. The number of hydrogen-bond acceptors (Lipinski definition) is 8. The summed E-state index contributed by atoms with van der Waals surface area (Å²) in [5.41, 5.74) is 0. The molecule has 1 saturated heterocycles. The van der Waals surface area contributed by atoms with Gasteiger partial charge in [-0.2, -0.15) is 0 Å². The van der Waals surface area contributed by atoms with Crippen molar-refractivity contribution in [3.05, 3.63) is 0 Å². The fourth-order valence-corrected chi connectivity index (χ4v) is 3.59. The smallest absolute Gasteiger partial charge is 0.269 e. The summed E-state index contributed by atoms with van der Waals surface area (Å²) in [6.07, 6.45) is -0.207. The topological polar surface area (TPSA) is 122 Å². The molecular formula is C9H15N5O4S2. The Bertz CT molecular complexity index is 567. The number of sulfonamides is 1. The highest BCUT2D eigenvalue weighted by Gasteiger charge is 2.23. The molecule has 1 aromatic heterocycles. The first-order valence-electron chi connectivity index (χ1n) is 5.90. The standard InChI is InChI=1S/C9H15N5O4S2/c1-6(15)12-8-13-14-9(19-8)20(16,17)11-5-7-4-10-2-3-18-7/h7,10-11H,2-5H2,1H3,(H,12,13,15). The summed E-state index contributed by atoms with van der Waals surface area (Å²) in [6.45, 7) is 3.37. The van der Waals surface area contributed by atoms with E-state index in [0.29, 0.717) is 13.2 Å². The minimum absolute atomic E-state index is 0.147. The van der Waals surface area contributed by atoms with Crippen molar-refractivity contribution >= 4 is 32.4 Å². The highest BCUT2D eigenvalue weighted by atomic mass is 32.2. The molecule has 0 saturated carbocycles. The van der Waals surface area contributed by atoms with Gasteiger partial charge < -0.3 is 15.4 Å². The van der Waals surface area contributed by atoms with Gasteiger partial charge >= 0.3 is 0 Å². The quantitative estimate of drug-likeness (QED) is 0.580. The van der Waals surface area contributed by atoms with E-state index in [2.05, 4.69) is 25.6 Å². The summed E-state index contributed by atoms with van der Waals surface area (Å²) in [7, 11) is -3.74. The molecule has 1 unspecified atom stereocenters. The second-order valence-corrected chi connectivity index (χ2v) is 7.02. The van der Waals surface area contributed by atoms with Crippen molar-refractivity contribution in [2.24, 2.45) is 0 Å². The zero-order chi connectivity index (χ0) is 14.6. The van der Waals surface area contributed by atoms with Gasteiger partial charge in [-0.15, -0.1) is 10.2 Å². The third kappa shape index (κ3) is 4.18. The molecule has 112 valence electrons. The SMILES string of the molecule is CC(=O)Nc1nnc(S(=O)(=O)NCC2CNCCO2)s1. The van der Waals surface area contributed by atoms with Crippen LogP contribution in [0.15, 0.2) is 4.34 Å². The van der Waals surface area contributed by atoms with Crippen LogP contribution >= 0.6 is 11.3 Å². The summed E-state index contributed by atoms with van der Waals surface area (Å²) in [5.74, 6) is -0.334. The number of rotatable bonds is 5. The minimum atomic E-state index is -3.74. The normalized spacial score (nSPS) is 19.8. The fraction of sp³-hybridized carbons (Fsp3) is 0.667. The largest absolute Gasteiger partial charge is 0.374 e. The Morgan fingerprint density at radius 3 is 3.00 bits per heavy atom. The van der Waals surface area contributed by atoms with Crippen LogP contribution in [0, 0.1) is 0 Å². The lowest BCUT2D eigenvalue weighted by Gasteiger charge is -2.23. The Balaban J connectivity index is 1.95. The van der Waals surface area contributed by atoms with E-state index in [1.165, 1.54) is 6.92 Å². The highest BCUT2D eigenvalue weighted by molar-refractivity contribution is 7.91. The summed E-state index contributed by atoms with van der Waals surface area (Å²) in [6, 6.07) is 0. The van der Waals surface area contributed by atoms with Gasteiger partial charge in [0.15, 0.2) is 0 Å². The van der Waals surface area contributed by atoms with E-state index < -0.39 is 10.0 Å². The number of carbonyl (C=O) groups is 1. The van der Waals surface area contributed by atoms with Crippen molar-refractivity contribution in [2.75, 3.05) is 31.6 Å². The van der Waals surface area contributed by atoms with E-state index in [1.807, 2.05) is 0 Å². The molecule has 0 radical (unpaired) electrons. The van der Waals surface area contributed by atoms with E-state index in [4.69, 9.17) is 4.74 Å². The second-order valence-electron chi connectivity index (χ2n) is 4.10. The van der Waals surface area contributed by atoms with Crippen LogP contribution in [0.2, 0.25) is 0 Å². The van der Waals surface area contributed by atoms with E-state index >= 15 is 0 Å². The maximum Gasteiger partial charge on any atom is 0.269 e. The predicted molar refractivity (Wildman–Crippen MR) is 72.0 cm³/mol. The first-order valence-corrected chi connectivity index (χ1v) is 8.20. The molecule has 0 spiro atoms.